The van der Waals surface area contributed by atoms with Crippen molar-refractivity contribution < 1.29 is 28.9 Å². The van der Waals surface area contributed by atoms with Crippen molar-refractivity contribution in [2.75, 3.05) is 14.2 Å². The van der Waals surface area contributed by atoms with Crippen molar-refractivity contribution in [1.29, 1.82) is 0 Å². The number of benzene rings is 2. The molecular weight excluding hydrogens is 386 g/mol. The van der Waals surface area contributed by atoms with Crippen LogP contribution in [-0.4, -0.2) is 35.9 Å². The maximum absolute atomic E-state index is 12.2. The highest BCUT2D eigenvalue weighted by Gasteiger charge is 2.28. The molecule has 0 fully saturated rings. The summed E-state index contributed by atoms with van der Waals surface area (Å²) >= 11 is 0. The van der Waals surface area contributed by atoms with Gasteiger partial charge in [-0.3, -0.25) is 20.2 Å². The van der Waals surface area contributed by atoms with Gasteiger partial charge in [0.25, 0.3) is 11.4 Å². The van der Waals surface area contributed by atoms with Crippen molar-refractivity contribution in [1.82, 2.24) is 0 Å². The maximum Gasteiger partial charge on any atom is 0.363 e. The van der Waals surface area contributed by atoms with Crippen LogP contribution in [0.15, 0.2) is 47.1 Å². The Morgan fingerprint density at radius 1 is 1.00 bits per heavy atom. The van der Waals surface area contributed by atoms with Crippen LogP contribution >= 0.6 is 0 Å². The Balaban J connectivity index is 2.04. The first-order chi connectivity index (χ1) is 13.8. The Hall–Kier alpha value is -4.28. The zero-order chi connectivity index (χ0) is 21.1. The molecule has 3 rings (SSSR count). The summed E-state index contributed by atoms with van der Waals surface area (Å²) in [6, 6.07) is 7.79. The molecule has 0 amide bonds. The van der Waals surface area contributed by atoms with E-state index in [0.717, 1.165) is 18.2 Å². The number of nitro groups is 2. The molecule has 1 aliphatic rings. The Kier molecular flexibility index (Phi) is 5.21. The fourth-order valence-corrected chi connectivity index (χ4v) is 2.55. The summed E-state index contributed by atoms with van der Waals surface area (Å²) in [5, 5.41) is 22.1. The van der Waals surface area contributed by atoms with Gasteiger partial charge in [0, 0.05) is 23.8 Å². The van der Waals surface area contributed by atoms with Crippen LogP contribution in [0.5, 0.6) is 11.5 Å². The zero-order valence-electron chi connectivity index (χ0n) is 15.1. The molecule has 0 radical (unpaired) electrons. The van der Waals surface area contributed by atoms with Crippen LogP contribution < -0.4 is 9.47 Å². The Bertz CT molecular complexity index is 1060. The summed E-state index contributed by atoms with van der Waals surface area (Å²) in [5.74, 6) is -0.127. The zero-order valence-corrected chi connectivity index (χ0v) is 15.1. The second kappa shape index (κ2) is 7.76. The number of methoxy groups -OCH3 is 2. The Morgan fingerprint density at radius 2 is 1.66 bits per heavy atom. The number of ether oxygens (including phenoxy) is 3. The average Bonchev–Trinajstić information content (AvgIpc) is 3.08. The van der Waals surface area contributed by atoms with E-state index in [4.69, 9.17) is 14.2 Å². The molecule has 0 aromatic heterocycles. The molecule has 29 heavy (non-hydrogen) atoms. The first-order valence-corrected chi connectivity index (χ1v) is 8.01. The molecule has 0 unspecified atom stereocenters. The van der Waals surface area contributed by atoms with Crippen LogP contribution in [-0.2, 0) is 9.53 Å². The van der Waals surface area contributed by atoms with E-state index < -0.39 is 27.2 Å². The molecule has 0 saturated heterocycles. The van der Waals surface area contributed by atoms with Crippen molar-refractivity contribution >= 4 is 29.3 Å². The number of esters is 1. The van der Waals surface area contributed by atoms with Gasteiger partial charge in [-0.1, -0.05) is 0 Å². The lowest BCUT2D eigenvalue weighted by Gasteiger charge is -2.07. The van der Waals surface area contributed by atoms with Crippen LogP contribution in [0.2, 0.25) is 0 Å². The minimum Gasteiger partial charge on any atom is -0.497 e. The number of aliphatic imine (C=N–C) groups is 1. The predicted octanol–water partition coefficient (Wildman–Crippen LogP) is 2.86. The molecule has 11 nitrogen and oxygen atoms in total. The summed E-state index contributed by atoms with van der Waals surface area (Å²) in [5.41, 5.74) is -0.707. The van der Waals surface area contributed by atoms with E-state index in [9.17, 15) is 25.0 Å². The molecule has 0 aliphatic carbocycles. The molecule has 0 saturated carbocycles. The fraction of sp³-hybridized carbons (Fsp3) is 0.111. The largest absolute Gasteiger partial charge is 0.497 e. The number of cyclic esters (lactones) is 1. The average molecular weight is 399 g/mol. The number of nitro benzene ring substituents is 2. The summed E-state index contributed by atoms with van der Waals surface area (Å²) in [4.78, 5) is 36.7. The number of rotatable bonds is 6. The van der Waals surface area contributed by atoms with E-state index in [1.807, 2.05) is 0 Å². The van der Waals surface area contributed by atoms with E-state index in [2.05, 4.69) is 4.99 Å². The van der Waals surface area contributed by atoms with E-state index in [1.165, 1.54) is 20.3 Å². The quantitative estimate of drug-likeness (QED) is 0.312. The van der Waals surface area contributed by atoms with Gasteiger partial charge in [-0.2, -0.15) is 0 Å². The molecule has 2 aromatic rings. The second-order valence-electron chi connectivity index (χ2n) is 5.70. The number of carbonyl (C=O) groups excluding carboxylic acids is 1. The van der Waals surface area contributed by atoms with Crippen LogP contribution in [0.4, 0.5) is 11.4 Å². The molecule has 148 valence electrons. The lowest BCUT2D eigenvalue weighted by atomic mass is 10.1. The summed E-state index contributed by atoms with van der Waals surface area (Å²) in [6.45, 7) is 0. The van der Waals surface area contributed by atoms with Gasteiger partial charge in [0.05, 0.1) is 35.7 Å². The number of hydrogen-bond donors (Lipinski definition) is 0. The molecule has 0 N–H and O–H groups in total. The van der Waals surface area contributed by atoms with Gasteiger partial charge in [0.15, 0.2) is 5.70 Å². The predicted molar refractivity (Wildman–Crippen MR) is 99.9 cm³/mol. The van der Waals surface area contributed by atoms with Crippen LogP contribution in [0.3, 0.4) is 0 Å². The fourth-order valence-electron chi connectivity index (χ4n) is 2.55. The van der Waals surface area contributed by atoms with E-state index >= 15 is 0 Å². The van der Waals surface area contributed by atoms with E-state index in [1.54, 1.807) is 18.2 Å². The van der Waals surface area contributed by atoms with Crippen molar-refractivity contribution in [3.05, 3.63) is 73.5 Å². The molecule has 2 aromatic carbocycles. The highest BCUT2D eigenvalue weighted by atomic mass is 16.6. The minimum atomic E-state index is -0.813. The Morgan fingerprint density at radius 3 is 2.21 bits per heavy atom. The van der Waals surface area contributed by atoms with Gasteiger partial charge in [-0.25, -0.2) is 9.79 Å². The number of nitrogens with zero attached hydrogens (tertiary/aromatic N) is 3. The molecule has 1 aliphatic heterocycles. The first kappa shape index (κ1) is 19.5. The summed E-state index contributed by atoms with van der Waals surface area (Å²) < 4.78 is 15.4. The van der Waals surface area contributed by atoms with Crippen molar-refractivity contribution in [2.45, 2.75) is 0 Å². The van der Waals surface area contributed by atoms with Crippen molar-refractivity contribution in [3.8, 4) is 11.5 Å². The van der Waals surface area contributed by atoms with E-state index in [-0.39, 0.29) is 17.2 Å². The third-order valence-corrected chi connectivity index (χ3v) is 3.92. The molecule has 0 atom stereocenters. The SMILES string of the molecule is COc1ccc(/C=C2/N=C(c3cc([N+](=O)[O-])cc([N+](=O)[O-])c3)OC2=O)c(OC)c1. The van der Waals surface area contributed by atoms with Gasteiger partial charge in [-0.15, -0.1) is 0 Å². The second-order valence-corrected chi connectivity index (χ2v) is 5.70. The lowest BCUT2D eigenvalue weighted by Crippen LogP contribution is -2.06. The molecule has 1 heterocycles. The monoisotopic (exact) mass is 399 g/mol. The van der Waals surface area contributed by atoms with Gasteiger partial charge >= 0.3 is 5.97 Å². The smallest absolute Gasteiger partial charge is 0.363 e. The molecular formula is C18H13N3O8. The third-order valence-electron chi connectivity index (χ3n) is 3.92. The third kappa shape index (κ3) is 4.03. The number of hydrogen-bond acceptors (Lipinski definition) is 9. The maximum atomic E-state index is 12.2. The first-order valence-electron chi connectivity index (χ1n) is 8.01. The van der Waals surface area contributed by atoms with Crippen molar-refractivity contribution in [3.63, 3.8) is 0 Å². The topological polar surface area (TPSA) is 143 Å². The highest BCUT2D eigenvalue weighted by Crippen LogP contribution is 2.30. The number of carbonyl (C=O) groups is 1. The summed E-state index contributed by atoms with van der Waals surface area (Å²) in [6.07, 6.45) is 1.40. The lowest BCUT2D eigenvalue weighted by molar-refractivity contribution is -0.394. The molecule has 0 bridgehead atoms. The minimum absolute atomic E-state index is 0.0654. The van der Waals surface area contributed by atoms with Crippen LogP contribution in [0.25, 0.3) is 6.08 Å². The normalized spacial score (nSPS) is 14.3. The highest BCUT2D eigenvalue weighted by molar-refractivity contribution is 6.13. The van der Waals surface area contributed by atoms with Gasteiger partial charge in [-0.05, 0) is 18.2 Å². The van der Waals surface area contributed by atoms with E-state index in [0.29, 0.717) is 17.1 Å². The standard InChI is InChI=1S/C18H13N3O8/c1-27-14-4-3-10(16(9-14)28-2)7-15-18(22)29-17(19-15)11-5-12(20(23)24)8-13(6-11)21(25)26/h3-9H,1-2H3/b15-7+. The molecule has 11 heteroatoms. The molecule has 0 spiro atoms. The van der Waals surface area contributed by atoms with Crippen LogP contribution in [0.1, 0.15) is 11.1 Å². The van der Waals surface area contributed by atoms with Gasteiger partial charge in [0.1, 0.15) is 11.5 Å². The van der Waals surface area contributed by atoms with Gasteiger partial charge < -0.3 is 14.2 Å². The van der Waals surface area contributed by atoms with Crippen molar-refractivity contribution in [2.24, 2.45) is 4.99 Å². The summed E-state index contributed by atoms with van der Waals surface area (Å²) in [7, 11) is 2.94. The van der Waals surface area contributed by atoms with Crippen LogP contribution in [0, 0.1) is 20.2 Å². The number of non-ortho nitro benzene ring substituents is 2. The van der Waals surface area contributed by atoms with Gasteiger partial charge in [0.2, 0.25) is 5.90 Å². The Labute approximate surface area is 163 Å².